The number of benzene rings is 1. The molecule has 0 spiro atoms. The maximum Gasteiger partial charge on any atom is 0.318 e. The van der Waals surface area contributed by atoms with E-state index in [1.54, 1.807) is 0 Å². The Balaban J connectivity index is 2.76. The van der Waals surface area contributed by atoms with Gasteiger partial charge < -0.3 is 5.11 Å². The van der Waals surface area contributed by atoms with Gasteiger partial charge in [0.1, 0.15) is 5.25 Å². The van der Waals surface area contributed by atoms with Gasteiger partial charge in [-0.2, -0.15) is 0 Å². The Labute approximate surface area is 111 Å². The lowest BCUT2D eigenvalue weighted by Crippen LogP contribution is -2.22. The quantitative estimate of drug-likeness (QED) is 0.913. The second-order valence-electron chi connectivity index (χ2n) is 5.45. The molecule has 1 aromatic rings. The van der Waals surface area contributed by atoms with Gasteiger partial charge in [-0.1, -0.05) is 45.0 Å². The zero-order chi connectivity index (χ0) is 13.9. The molecule has 2 atom stereocenters. The Morgan fingerprint density at radius 3 is 2.17 bits per heavy atom. The molecule has 0 bridgehead atoms. The van der Waals surface area contributed by atoms with Gasteiger partial charge in [-0.05, 0) is 23.5 Å². The van der Waals surface area contributed by atoms with Crippen LogP contribution in [0, 0.1) is 0 Å². The van der Waals surface area contributed by atoms with E-state index >= 15 is 0 Å². The van der Waals surface area contributed by atoms with Gasteiger partial charge in [0.15, 0.2) is 0 Å². The minimum absolute atomic E-state index is 0.0893. The van der Waals surface area contributed by atoms with Crippen LogP contribution in [0.4, 0.5) is 0 Å². The summed E-state index contributed by atoms with van der Waals surface area (Å²) in [6.07, 6.45) is 0. The van der Waals surface area contributed by atoms with E-state index in [1.807, 2.05) is 24.3 Å². The Hall–Kier alpha value is -1.16. The SMILES string of the molecule is CC(C(=O)O)S(=O)Cc1ccc(C(C)(C)C)cc1. The molecule has 1 rings (SSSR count). The van der Waals surface area contributed by atoms with Gasteiger partial charge in [0.2, 0.25) is 0 Å². The molecule has 2 unspecified atom stereocenters. The number of aliphatic carboxylic acids is 1. The van der Waals surface area contributed by atoms with E-state index in [1.165, 1.54) is 12.5 Å². The summed E-state index contributed by atoms with van der Waals surface area (Å²) in [5.41, 5.74) is 2.21. The molecular weight excluding hydrogens is 248 g/mol. The van der Waals surface area contributed by atoms with Gasteiger partial charge in [0.05, 0.1) is 0 Å². The molecule has 0 radical (unpaired) electrons. The molecule has 0 aliphatic rings. The molecule has 0 heterocycles. The van der Waals surface area contributed by atoms with Crippen molar-refractivity contribution in [3.8, 4) is 0 Å². The van der Waals surface area contributed by atoms with E-state index in [0.29, 0.717) is 0 Å². The minimum Gasteiger partial charge on any atom is -0.480 e. The molecule has 18 heavy (non-hydrogen) atoms. The molecule has 1 aromatic carbocycles. The van der Waals surface area contributed by atoms with Crippen molar-refractivity contribution in [1.29, 1.82) is 0 Å². The lowest BCUT2D eigenvalue weighted by Gasteiger charge is -2.19. The fourth-order valence-corrected chi connectivity index (χ4v) is 2.50. The smallest absolute Gasteiger partial charge is 0.318 e. The third-order valence-electron chi connectivity index (χ3n) is 2.87. The number of hydrogen-bond acceptors (Lipinski definition) is 2. The van der Waals surface area contributed by atoms with Crippen LogP contribution in [-0.2, 0) is 26.8 Å². The Kier molecular flexibility index (Phi) is 4.68. The van der Waals surface area contributed by atoms with Crippen LogP contribution >= 0.6 is 0 Å². The highest BCUT2D eigenvalue weighted by atomic mass is 32.2. The van der Waals surface area contributed by atoms with Crippen LogP contribution in [0.15, 0.2) is 24.3 Å². The summed E-state index contributed by atoms with van der Waals surface area (Å²) in [7, 11) is -1.37. The first-order valence-corrected chi connectivity index (χ1v) is 7.29. The number of carbonyl (C=O) groups is 1. The third kappa shape index (κ3) is 3.95. The summed E-state index contributed by atoms with van der Waals surface area (Å²) in [5, 5.41) is 7.96. The fraction of sp³-hybridized carbons (Fsp3) is 0.500. The molecule has 0 aromatic heterocycles. The van der Waals surface area contributed by atoms with Crippen LogP contribution in [0.2, 0.25) is 0 Å². The van der Waals surface area contributed by atoms with E-state index in [2.05, 4.69) is 20.8 Å². The van der Waals surface area contributed by atoms with Gasteiger partial charge in [0.25, 0.3) is 0 Å². The molecule has 0 saturated carbocycles. The number of carboxylic acid groups (broad SMARTS) is 1. The van der Waals surface area contributed by atoms with E-state index in [4.69, 9.17) is 5.11 Å². The first-order chi connectivity index (χ1) is 8.21. The fourth-order valence-electron chi connectivity index (χ4n) is 1.50. The van der Waals surface area contributed by atoms with Crippen LogP contribution in [0.5, 0.6) is 0 Å². The maximum atomic E-state index is 11.8. The van der Waals surface area contributed by atoms with Crippen molar-refractivity contribution in [2.45, 2.75) is 44.1 Å². The predicted molar refractivity (Wildman–Crippen MR) is 74.1 cm³/mol. The normalized spacial score (nSPS) is 15.1. The molecule has 1 N–H and O–H groups in total. The van der Waals surface area contributed by atoms with Gasteiger partial charge >= 0.3 is 5.97 Å². The zero-order valence-corrected chi connectivity index (χ0v) is 12.1. The van der Waals surface area contributed by atoms with Crippen molar-refractivity contribution in [3.05, 3.63) is 35.4 Å². The Morgan fingerprint density at radius 2 is 1.78 bits per heavy atom. The molecule has 0 amide bonds. The third-order valence-corrected chi connectivity index (χ3v) is 4.48. The summed E-state index contributed by atoms with van der Waals surface area (Å²) in [5.74, 6) is -0.725. The predicted octanol–water partition coefficient (Wildman–Crippen LogP) is 2.71. The van der Waals surface area contributed by atoms with E-state index in [0.717, 1.165) is 5.56 Å². The van der Waals surface area contributed by atoms with Crippen molar-refractivity contribution in [1.82, 2.24) is 0 Å². The summed E-state index contributed by atoms with van der Waals surface area (Å²) in [6.45, 7) is 7.87. The van der Waals surface area contributed by atoms with Crippen molar-refractivity contribution in [2.75, 3.05) is 0 Å². The molecule has 0 fully saturated rings. The van der Waals surface area contributed by atoms with Gasteiger partial charge in [-0.3, -0.25) is 9.00 Å². The average molecular weight is 268 g/mol. The highest BCUT2D eigenvalue weighted by Gasteiger charge is 2.19. The van der Waals surface area contributed by atoms with Crippen LogP contribution in [0.3, 0.4) is 0 Å². The van der Waals surface area contributed by atoms with Crippen LogP contribution in [-0.4, -0.2) is 20.5 Å². The zero-order valence-electron chi connectivity index (χ0n) is 11.3. The first-order valence-electron chi connectivity index (χ1n) is 5.91. The summed E-state index contributed by atoms with van der Waals surface area (Å²) in [6, 6.07) is 7.87. The number of rotatable bonds is 4. The van der Waals surface area contributed by atoms with E-state index < -0.39 is 22.0 Å². The lowest BCUT2D eigenvalue weighted by atomic mass is 9.87. The second kappa shape index (κ2) is 5.65. The lowest BCUT2D eigenvalue weighted by molar-refractivity contribution is -0.136. The largest absolute Gasteiger partial charge is 0.480 e. The molecule has 4 heteroatoms. The van der Waals surface area contributed by atoms with Crippen LogP contribution in [0.25, 0.3) is 0 Å². The molecule has 0 aliphatic heterocycles. The second-order valence-corrected chi connectivity index (χ2v) is 7.21. The topological polar surface area (TPSA) is 54.4 Å². The highest BCUT2D eigenvalue weighted by Crippen LogP contribution is 2.22. The van der Waals surface area contributed by atoms with E-state index in [9.17, 15) is 9.00 Å². The first kappa shape index (κ1) is 14.9. The van der Waals surface area contributed by atoms with Crippen LogP contribution < -0.4 is 0 Å². The maximum absolute atomic E-state index is 11.8. The van der Waals surface area contributed by atoms with Crippen molar-refractivity contribution < 1.29 is 14.1 Å². The van der Waals surface area contributed by atoms with Crippen LogP contribution in [0.1, 0.15) is 38.8 Å². The van der Waals surface area contributed by atoms with Crippen molar-refractivity contribution in [2.24, 2.45) is 0 Å². The number of carboxylic acids is 1. The highest BCUT2D eigenvalue weighted by molar-refractivity contribution is 7.85. The molecular formula is C14H20O3S. The monoisotopic (exact) mass is 268 g/mol. The molecule has 0 saturated heterocycles. The molecule has 0 aliphatic carbocycles. The van der Waals surface area contributed by atoms with Crippen molar-refractivity contribution in [3.63, 3.8) is 0 Å². The standard InChI is InChI=1S/C14H20O3S/c1-10(13(15)16)18(17)9-11-5-7-12(8-6-11)14(2,3)4/h5-8,10H,9H2,1-4H3,(H,15,16). The summed E-state index contributed by atoms with van der Waals surface area (Å²) in [4.78, 5) is 10.7. The molecule has 100 valence electrons. The van der Waals surface area contributed by atoms with Crippen molar-refractivity contribution >= 4 is 16.8 Å². The molecule has 3 nitrogen and oxygen atoms in total. The average Bonchev–Trinajstić information content (AvgIpc) is 2.27. The van der Waals surface area contributed by atoms with E-state index in [-0.39, 0.29) is 11.2 Å². The Morgan fingerprint density at radius 1 is 1.28 bits per heavy atom. The Bertz CT molecular complexity index is 443. The summed E-state index contributed by atoms with van der Waals surface area (Å²) < 4.78 is 11.8. The summed E-state index contributed by atoms with van der Waals surface area (Å²) >= 11 is 0. The minimum atomic E-state index is -1.37. The van der Waals surface area contributed by atoms with Gasteiger partial charge in [-0.25, -0.2) is 0 Å². The number of hydrogen-bond donors (Lipinski definition) is 1. The van der Waals surface area contributed by atoms with Gasteiger partial charge in [0, 0.05) is 16.6 Å². The van der Waals surface area contributed by atoms with Gasteiger partial charge in [-0.15, -0.1) is 0 Å².